The Morgan fingerprint density at radius 1 is 0.384 bits per heavy atom. The molecule has 5 atom stereocenters. The van der Waals surface area contributed by atoms with E-state index < -0.39 is 30.2 Å². The number of ketones is 3. The lowest BCUT2D eigenvalue weighted by Gasteiger charge is -2.24. The second kappa shape index (κ2) is 57.0. The first kappa shape index (κ1) is 82.8. The third-order valence-electron chi connectivity index (χ3n) is 13.7. The van der Waals surface area contributed by atoms with Gasteiger partial charge in [-0.2, -0.15) is 0 Å². The topological polar surface area (TPSA) is 452 Å². The van der Waals surface area contributed by atoms with Crippen molar-refractivity contribution in [2.75, 3.05) is 134 Å². The van der Waals surface area contributed by atoms with Gasteiger partial charge in [-0.05, 0) is 129 Å². The van der Waals surface area contributed by atoms with E-state index in [0.29, 0.717) is 218 Å². The first-order valence-corrected chi connectivity index (χ1v) is 36.1. The molecule has 23 N–H and O–H groups in total. The number of nitrogens with two attached hydrogens (primary N) is 8. The van der Waals surface area contributed by atoms with Gasteiger partial charge in [0.05, 0.1) is 36.8 Å². The molecule has 0 saturated carbocycles. The van der Waals surface area contributed by atoms with Crippen LogP contribution < -0.4 is 83.1 Å². The number of Topliss-reactive ketones (excluding diaryl/α,β-unsaturated/α-hetero) is 3. The lowest BCUT2D eigenvalue weighted by molar-refractivity contribution is -0.128. The fourth-order valence-corrected chi connectivity index (χ4v) is 12.4. The molecular formula is C56H113N17O9S4. The summed E-state index contributed by atoms with van der Waals surface area (Å²) in [5, 5.41) is 20.5. The zero-order valence-corrected chi connectivity index (χ0v) is 55.0. The van der Waals surface area contributed by atoms with E-state index in [1.54, 1.807) is 50.1 Å². The second-order valence-electron chi connectivity index (χ2n) is 21.1. The van der Waals surface area contributed by atoms with Gasteiger partial charge >= 0.3 is 0 Å². The first-order chi connectivity index (χ1) is 41.4. The standard InChI is InChI=1S/C56H113N17O9S4/c1-2-51(77)71-48(50(76)18-11-39-84-86-40-30-66-52(78)19-3-4-32-72(33-9-17-49(75)44(61)13-5-22-57)35-27-68-54(80)45(62)14-6-23-58)20-21-53(79)67-31-41-85-83-38-10-12-43(74)42-65-26-34-73(36-28-69-55(81)46(63)15-7-24-59)37-29-70-56(82)47(64)16-8-25-60/h44-48,65H,2-42,57-64H2,1H3,(H,66,78)(H,67,79)(H,68,80)(H,69,81)(H,70,82)(H,71,77). The lowest BCUT2D eigenvalue weighted by atomic mass is 10.0. The summed E-state index contributed by atoms with van der Waals surface area (Å²) in [5.74, 6) is 1.64. The quantitative estimate of drug-likeness (QED) is 0.0248. The molecule has 0 radical (unpaired) electrons. The highest BCUT2D eigenvalue weighted by molar-refractivity contribution is 8.77. The third-order valence-corrected chi connectivity index (χ3v) is 18.6. The third kappa shape index (κ3) is 47.7. The fourth-order valence-electron chi connectivity index (χ4n) is 8.39. The van der Waals surface area contributed by atoms with E-state index in [4.69, 9.17) is 45.9 Å². The molecule has 0 heterocycles. The van der Waals surface area contributed by atoms with Crippen molar-refractivity contribution in [2.45, 2.75) is 166 Å². The van der Waals surface area contributed by atoms with Crippen molar-refractivity contribution in [1.29, 1.82) is 0 Å². The Morgan fingerprint density at radius 2 is 0.802 bits per heavy atom. The van der Waals surface area contributed by atoms with Crippen LogP contribution in [0.5, 0.6) is 0 Å². The van der Waals surface area contributed by atoms with Crippen LogP contribution in [0, 0.1) is 0 Å². The van der Waals surface area contributed by atoms with Crippen molar-refractivity contribution in [2.24, 2.45) is 45.9 Å². The number of unbranched alkanes of at least 4 members (excludes halogenated alkanes) is 1. The number of hydrogen-bond donors (Lipinski definition) is 15. The highest BCUT2D eigenvalue weighted by atomic mass is 33.1. The monoisotopic (exact) mass is 1300 g/mol. The minimum atomic E-state index is -0.748. The number of carbonyl (C=O) groups is 9. The number of amides is 6. The Bertz CT molecular complexity index is 1800. The van der Waals surface area contributed by atoms with Crippen LogP contribution in [0.3, 0.4) is 0 Å². The van der Waals surface area contributed by atoms with E-state index >= 15 is 0 Å². The van der Waals surface area contributed by atoms with Gasteiger partial charge in [0, 0.05) is 127 Å². The molecule has 500 valence electrons. The molecule has 0 fully saturated rings. The molecule has 0 aromatic rings. The summed E-state index contributed by atoms with van der Waals surface area (Å²) >= 11 is 0. The van der Waals surface area contributed by atoms with Crippen LogP contribution in [-0.4, -0.2) is 227 Å². The van der Waals surface area contributed by atoms with Gasteiger partial charge < -0.3 is 88.0 Å². The summed E-state index contributed by atoms with van der Waals surface area (Å²) in [6.07, 6.45) is 10.1. The summed E-state index contributed by atoms with van der Waals surface area (Å²) in [6, 6.07) is -3.13. The number of rotatable bonds is 61. The largest absolute Gasteiger partial charge is 0.355 e. The van der Waals surface area contributed by atoms with Gasteiger partial charge in [0.1, 0.15) is 11.6 Å². The average molecular weight is 1300 g/mol. The van der Waals surface area contributed by atoms with Crippen LogP contribution >= 0.6 is 43.2 Å². The molecule has 0 aliphatic rings. The Morgan fingerprint density at radius 3 is 1.29 bits per heavy atom. The van der Waals surface area contributed by atoms with Gasteiger partial charge in [-0.25, -0.2) is 0 Å². The molecule has 0 aromatic carbocycles. The summed E-state index contributed by atoms with van der Waals surface area (Å²) < 4.78 is 0. The average Bonchev–Trinajstić information content (AvgIpc) is 3.60. The van der Waals surface area contributed by atoms with E-state index in [9.17, 15) is 43.2 Å². The van der Waals surface area contributed by atoms with Crippen LogP contribution in [0.25, 0.3) is 0 Å². The summed E-state index contributed by atoms with van der Waals surface area (Å²) in [6.45, 7) is 9.99. The smallest absolute Gasteiger partial charge is 0.236 e. The summed E-state index contributed by atoms with van der Waals surface area (Å²) in [5.41, 5.74) is 46.1. The van der Waals surface area contributed by atoms with E-state index in [-0.39, 0.29) is 85.0 Å². The minimum absolute atomic E-state index is 0.0168. The molecule has 26 nitrogen and oxygen atoms in total. The molecule has 5 unspecified atom stereocenters. The molecule has 86 heavy (non-hydrogen) atoms. The maximum absolute atomic E-state index is 13.2. The zero-order chi connectivity index (χ0) is 64.0. The Labute approximate surface area is 529 Å². The van der Waals surface area contributed by atoms with Crippen LogP contribution in [0.15, 0.2) is 0 Å². The molecule has 0 aliphatic heterocycles. The van der Waals surface area contributed by atoms with Gasteiger partial charge in [0.25, 0.3) is 0 Å². The minimum Gasteiger partial charge on any atom is -0.355 e. The van der Waals surface area contributed by atoms with Crippen LogP contribution in [0.1, 0.15) is 135 Å². The number of nitrogens with zero attached hydrogens (tertiary/aromatic N) is 2. The van der Waals surface area contributed by atoms with Gasteiger partial charge in [0.2, 0.25) is 35.4 Å². The second-order valence-corrected chi connectivity index (χ2v) is 26.5. The highest BCUT2D eigenvalue weighted by Crippen LogP contribution is 2.23. The van der Waals surface area contributed by atoms with Crippen molar-refractivity contribution in [3.8, 4) is 0 Å². The molecule has 0 bridgehead atoms. The van der Waals surface area contributed by atoms with Crippen LogP contribution in [0.4, 0.5) is 0 Å². The summed E-state index contributed by atoms with van der Waals surface area (Å²) in [4.78, 5) is 117. The highest BCUT2D eigenvalue weighted by Gasteiger charge is 2.22. The molecule has 0 saturated heterocycles. The van der Waals surface area contributed by atoms with E-state index in [1.807, 2.05) is 0 Å². The molecule has 0 spiro atoms. The zero-order valence-electron chi connectivity index (χ0n) is 51.7. The van der Waals surface area contributed by atoms with Crippen molar-refractivity contribution in [3.63, 3.8) is 0 Å². The van der Waals surface area contributed by atoms with Crippen molar-refractivity contribution in [3.05, 3.63) is 0 Å². The van der Waals surface area contributed by atoms with E-state index in [0.717, 1.165) is 12.2 Å². The predicted molar refractivity (Wildman–Crippen MR) is 354 cm³/mol. The first-order valence-electron chi connectivity index (χ1n) is 31.1. The van der Waals surface area contributed by atoms with Gasteiger partial charge in [0.15, 0.2) is 5.78 Å². The SMILES string of the molecule is CCC(=O)NC(CCC(=O)NCCSSCCCC(=O)CNCCN(CCNC(=O)C(N)CCCN)CCNC(=O)C(N)CCCN)C(=O)CCCSSCCNC(=O)CCCCN(CCCC(=O)C(N)CCCN)CCNC(=O)C(N)CCCN. The normalized spacial score (nSPS) is 13.2. The molecule has 0 aliphatic carbocycles. The molecule has 0 rings (SSSR count). The predicted octanol–water partition coefficient (Wildman–Crippen LogP) is -1.32. The lowest BCUT2D eigenvalue weighted by Crippen LogP contribution is -2.47. The number of hydrogen-bond acceptors (Lipinski definition) is 24. The maximum atomic E-state index is 13.2. The van der Waals surface area contributed by atoms with Crippen molar-refractivity contribution >= 4 is 96.0 Å². The van der Waals surface area contributed by atoms with Crippen LogP contribution in [-0.2, 0) is 43.2 Å². The van der Waals surface area contributed by atoms with Gasteiger partial charge in [-0.1, -0.05) is 50.1 Å². The fraction of sp³-hybridized carbons (Fsp3) is 0.839. The molecule has 30 heteroatoms. The molecule has 6 amide bonds. The molecule has 0 aromatic heterocycles. The maximum Gasteiger partial charge on any atom is 0.236 e. The Hall–Kier alpha value is -3.21. The number of nitrogens with one attached hydrogen (secondary N) is 7. The van der Waals surface area contributed by atoms with E-state index in [1.165, 1.54) is 0 Å². The Balaban J connectivity index is 4.49. The van der Waals surface area contributed by atoms with Gasteiger partial charge in [-0.15, -0.1) is 0 Å². The van der Waals surface area contributed by atoms with Gasteiger partial charge in [-0.3, -0.25) is 48.1 Å². The van der Waals surface area contributed by atoms with Crippen molar-refractivity contribution in [1.82, 2.24) is 47.0 Å². The number of carbonyl (C=O) groups excluding carboxylic acids is 9. The van der Waals surface area contributed by atoms with Crippen LogP contribution in [0.2, 0.25) is 0 Å². The summed E-state index contributed by atoms with van der Waals surface area (Å²) in [7, 11) is 6.46. The van der Waals surface area contributed by atoms with E-state index in [2.05, 4.69) is 47.0 Å². The van der Waals surface area contributed by atoms with Crippen molar-refractivity contribution < 1.29 is 43.2 Å². The molecular weight excluding hydrogens is 1180 g/mol. The Kier molecular flexibility index (Phi) is 54.9.